The van der Waals surface area contributed by atoms with Crippen molar-refractivity contribution in [1.29, 1.82) is 0 Å². The number of hydrogen-bond acceptors (Lipinski definition) is 2. The molecule has 0 aliphatic rings. The molecular formula is C5H8ClN3. The predicted octanol–water partition coefficient (Wildman–Crippen LogP) is 0.830. The van der Waals surface area contributed by atoms with Crippen molar-refractivity contribution < 1.29 is 0 Å². The second-order valence-electron chi connectivity index (χ2n) is 1.80. The predicted molar refractivity (Wildman–Crippen MR) is 36.2 cm³/mol. The maximum absolute atomic E-state index is 5.52. The number of H-pyrrole nitrogens is 1. The fourth-order valence-electron chi connectivity index (χ4n) is 0.656. The number of nitrogens with zero attached hydrogens (tertiary/aromatic N) is 1. The molecule has 0 radical (unpaired) electrons. The van der Waals surface area contributed by atoms with Crippen LogP contribution in [0.15, 0.2) is 0 Å². The first kappa shape index (κ1) is 6.58. The number of nitrogens with two attached hydrogens (primary N) is 1. The Kier molecular flexibility index (Phi) is 1.73. The summed E-state index contributed by atoms with van der Waals surface area (Å²) in [6.45, 7) is 2.33. The zero-order valence-corrected chi connectivity index (χ0v) is 5.87. The molecule has 1 rings (SSSR count). The molecular weight excluding hydrogens is 138 g/mol. The van der Waals surface area contributed by atoms with Crippen LogP contribution >= 0.6 is 11.6 Å². The van der Waals surface area contributed by atoms with Gasteiger partial charge in [-0.25, -0.2) is 4.98 Å². The normalized spacial score (nSPS) is 10.1. The van der Waals surface area contributed by atoms with E-state index in [4.69, 9.17) is 17.3 Å². The molecule has 0 bridgehead atoms. The second kappa shape index (κ2) is 2.37. The molecule has 0 aromatic carbocycles. The highest BCUT2D eigenvalue weighted by Crippen LogP contribution is 2.07. The van der Waals surface area contributed by atoms with Crippen LogP contribution in [0.25, 0.3) is 0 Å². The zero-order chi connectivity index (χ0) is 6.85. The summed E-state index contributed by atoms with van der Waals surface area (Å²) in [6, 6.07) is 0. The van der Waals surface area contributed by atoms with Gasteiger partial charge in [0.2, 0.25) is 5.28 Å². The van der Waals surface area contributed by atoms with Crippen LogP contribution in [-0.2, 0) is 6.54 Å². The van der Waals surface area contributed by atoms with Gasteiger partial charge in [-0.2, -0.15) is 0 Å². The second-order valence-corrected chi connectivity index (χ2v) is 2.16. The molecule has 0 spiro atoms. The molecule has 0 aliphatic heterocycles. The van der Waals surface area contributed by atoms with Gasteiger partial charge < -0.3 is 10.7 Å². The minimum Gasteiger partial charge on any atom is -0.333 e. The Morgan fingerprint density at radius 3 is 2.67 bits per heavy atom. The van der Waals surface area contributed by atoms with Crippen LogP contribution in [-0.4, -0.2) is 9.97 Å². The Bertz CT molecular complexity index is 206. The average molecular weight is 146 g/mol. The molecule has 0 saturated carbocycles. The SMILES string of the molecule is Cc1[nH]c(Cl)nc1CN. The van der Waals surface area contributed by atoms with Gasteiger partial charge in [-0.1, -0.05) is 0 Å². The van der Waals surface area contributed by atoms with Crippen LogP contribution in [0, 0.1) is 6.92 Å². The van der Waals surface area contributed by atoms with Crippen LogP contribution < -0.4 is 5.73 Å². The average Bonchev–Trinajstić information content (AvgIpc) is 2.10. The number of aromatic nitrogens is 2. The zero-order valence-electron chi connectivity index (χ0n) is 5.11. The largest absolute Gasteiger partial charge is 0.333 e. The number of halogens is 1. The van der Waals surface area contributed by atoms with E-state index in [0.29, 0.717) is 11.8 Å². The van der Waals surface area contributed by atoms with Crippen molar-refractivity contribution in [3.8, 4) is 0 Å². The Morgan fingerprint density at radius 1 is 1.78 bits per heavy atom. The molecule has 0 fully saturated rings. The van der Waals surface area contributed by atoms with E-state index in [2.05, 4.69) is 9.97 Å². The summed E-state index contributed by atoms with van der Waals surface area (Å²) in [5.41, 5.74) is 7.10. The summed E-state index contributed by atoms with van der Waals surface area (Å²) in [5, 5.41) is 0.410. The summed E-state index contributed by atoms with van der Waals surface area (Å²) < 4.78 is 0. The number of nitrogens with one attached hydrogen (secondary N) is 1. The third kappa shape index (κ3) is 1.23. The fourth-order valence-corrected chi connectivity index (χ4v) is 0.900. The lowest BCUT2D eigenvalue weighted by Gasteiger charge is -1.86. The van der Waals surface area contributed by atoms with Crippen molar-refractivity contribution in [3.63, 3.8) is 0 Å². The van der Waals surface area contributed by atoms with Gasteiger partial charge in [0.05, 0.1) is 5.69 Å². The lowest BCUT2D eigenvalue weighted by atomic mass is 10.4. The molecule has 1 heterocycles. The van der Waals surface area contributed by atoms with Gasteiger partial charge in [-0.3, -0.25) is 0 Å². The summed E-state index contributed by atoms with van der Waals surface area (Å²) in [5.74, 6) is 0. The van der Waals surface area contributed by atoms with Crippen molar-refractivity contribution in [2.24, 2.45) is 5.73 Å². The monoisotopic (exact) mass is 145 g/mol. The Balaban J connectivity index is 3.01. The van der Waals surface area contributed by atoms with E-state index in [1.54, 1.807) is 0 Å². The third-order valence-electron chi connectivity index (χ3n) is 1.15. The number of hydrogen-bond donors (Lipinski definition) is 2. The highest BCUT2D eigenvalue weighted by atomic mass is 35.5. The molecule has 3 nitrogen and oxygen atoms in total. The highest BCUT2D eigenvalue weighted by molar-refractivity contribution is 6.28. The summed E-state index contributed by atoms with van der Waals surface area (Å²) >= 11 is 5.52. The van der Waals surface area contributed by atoms with Crippen molar-refractivity contribution in [2.75, 3.05) is 0 Å². The number of rotatable bonds is 1. The molecule has 50 valence electrons. The van der Waals surface area contributed by atoms with Crippen LogP contribution in [0.2, 0.25) is 5.28 Å². The number of aromatic amines is 1. The summed E-state index contributed by atoms with van der Waals surface area (Å²) in [6.07, 6.45) is 0. The third-order valence-corrected chi connectivity index (χ3v) is 1.33. The molecule has 0 atom stereocenters. The quantitative estimate of drug-likeness (QED) is 0.615. The van der Waals surface area contributed by atoms with Crippen molar-refractivity contribution in [1.82, 2.24) is 9.97 Å². The maximum Gasteiger partial charge on any atom is 0.200 e. The standard InChI is InChI=1S/C5H8ClN3/c1-3-4(2-7)9-5(6)8-3/h2,7H2,1H3,(H,8,9). The highest BCUT2D eigenvalue weighted by Gasteiger charge is 2.00. The first-order chi connectivity index (χ1) is 4.24. The van der Waals surface area contributed by atoms with Crippen LogP contribution in [0.4, 0.5) is 0 Å². The Morgan fingerprint density at radius 2 is 2.44 bits per heavy atom. The lowest BCUT2D eigenvalue weighted by molar-refractivity contribution is 0.992. The van der Waals surface area contributed by atoms with E-state index in [9.17, 15) is 0 Å². The summed E-state index contributed by atoms with van der Waals surface area (Å²) in [7, 11) is 0. The smallest absolute Gasteiger partial charge is 0.200 e. The van der Waals surface area contributed by atoms with Gasteiger partial charge in [0.25, 0.3) is 0 Å². The van der Waals surface area contributed by atoms with Crippen LogP contribution in [0.5, 0.6) is 0 Å². The van der Waals surface area contributed by atoms with E-state index in [-0.39, 0.29) is 0 Å². The molecule has 0 unspecified atom stereocenters. The summed E-state index contributed by atoms with van der Waals surface area (Å²) in [4.78, 5) is 6.75. The fraction of sp³-hybridized carbons (Fsp3) is 0.400. The molecule has 9 heavy (non-hydrogen) atoms. The number of aryl methyl sites for hydroxylation is 1. The van der Waals surface area contributed by atoms with Gasteiger partial charge in [0.1, 0.15) is 0 Å². The van der Waals surface area contributed by atoms with E-state index in [1.165, 1.54) is 0 Å². The minimum atomic E-state index is 0.410. The van der Waals surface area contributed by atoms with Gasteiger partial charge in [0.15, 0.2) is 0 Å². The molecule has 0 saturated heterocycles. The molecule has 1 aromatic heterocycles. The lowest BCUT2D eigenvalue weighted by Crippen LogP contribution is -1.97. The van der Waals surface area contributed by atoms with Crippen molar-refractivity contribution in [3.05, 3.63) is 16.7 Å². The van der Waals surface area contributed by atoms with Crippen LogP contribution in [0.3, 0.4) is 0 Å². The van der Waals surface area contributed by atoms with Gasteiger partial charge in [-0.15, -0.1) is 0 Å². The van der Waals surface area contributed by atoms with E-state index in [1.807, 2.05) is 6.92 Å². The molecule has 0 aliphatic carbocycles. The van der Waals surface area contributed by atoms with E-state index < -0.39 is 0 Å². The van der Waals surface area contributed by atoms with Crippen LogP contribution in [0.1, 0.15) is 11.4 Å². The molecule has 1 aromatic rings. The number of imidazole rings is 1. The minimum absolute atomic E-state index is 0.410. The van der Waals surface area contributed by atoms with E-state index >= 15 is 0 Å². The molecule has 3 N–H and O–H groups in total. The van der Waals surface area contributed by atoms with Crippen molar-refractivity contribution in [2.45, 2.75) is 13.5 Å². The van der Waals surface area contributed by atoms with Gasteiger partial charge in [-0.05, 0) is 18.5 Å². The topological polar surface area (TPSA) is 54.7 Å². The molecule has 0 amide bonds. The first-order valence-corrected chi connectivity index (χ1v) is 3.03. The molecule has 4 heteroatoms. The first-order valence-electron chi connectivity index (χ1n) is 2.65. The van der Waals surface area contributed by atoms with Gasteiger partial charge >= 0.3 is 0 Å². The maximum atomic E-state index is 5.52. The Labute approximate surface area is 58.2 Å². The van der Waals surface area contributed by atoms with E-state index in [0.717, 1.165) is 11.4 Å². The van der Waals surface area contributed by atoms with Crippen molar-refractivity contribution >= 4 is 11.6 Å². The Hall–Kier alpha value is -0.540. The van der Waals surface area contributed by atoms with Gasteiger partial charge in [0, 0.05) is 12.2 Å².